The largest absolute Gasteiger partial charge is 0.486 e. The number of hydrogen-bond donors (Lipinski definition) is 0. The number of hydrogen-bond acceptors (Lipinski definition) is 4. The molecule has 0 saturated heterocycles. The first-order valence-corrected chi connectivity index (χ1v) is 18.6. The maximum atomic E-state index is 14.9. The molecule has 1 unspecified atom stereocenters. The molecule has 58 heavy (non-hydrogen) atoms. The zero-order chi connectivity index (χ0) is 42.0. The van der Waals surface area contributed by atoms with Crippen molar-refractivity contribution < 1.29 is 45.4 Å². The van der Waals surface area contributed by atoms with Gasteiger partial charge in [0, 0.05) is 27.3 Å². The normalized spacial score (nSPS) is 12.8. The summed E-state index contributed by atoms with van der Waals surface area (Å²) in [5, 5.41) is 0.483. The summed E-state index contributed by atoms with van der Waals surface area (Å²) in [5.74, 6) is -0.00823. The molecular formula is C46H34Cl2F6O4. The zero-order valence-corrected chi connectivity index (χ0v) is 32.6. The second-order valence-electron chi connectivity index (χ2n) is 14.0. The van der Waals surface area contributed by atoms with Crippen LogP contribution in [0.25, 0.3) is 0 Å². The molecule has 298 valence electrons. The lowest BCUT2D eigenvalue weighted by Gasteiger charge is -2.38. The molecule has 0 heterocycles. The monoisotopic (exact) mass is 834 g/mol. The Morgan fingerprint density at radius 3 is 1.22 bits per heavy atom. The first kappa shape index (κ1) is 42.0. The number of alkyl halides is 7. The van der Waals surface area contributed by atoms with Crippen LogP contribution in [0.5, 0.6) is 17.2 Å². The average Bonchev–Trinajstić information content (AvgIpc) is 3.18. The van der Waals surface area contributed by atoms with Crippen molar-refractivity contribution in [3.63, 3.8) is 0 Å². The van der Waals surface area contributed by atoms with Gasteiger partial charge in [-0.1, -0.05) is 72.3 Å². The molecule has 6 aromatic carbocycles. The highest BCUT2D eigenvalue weighted by molar-refractivity contribution is 6.30. The lowest BCUT2D eigenvalue weighted by Crippen LogP contribution is -2.54. The van der Waals surface area contributed by atoms with Gasteiger partial charge in [0.05, 0.1) is 4.87 Å². The molecule has 0 radical (unpaired) electrons. The summed E-state index contributed by atoms with van der Waals surface area (Å²) in [7, 11) is 0. The van der Waals surface area contributed by atoms with E-state index < -0.39 is 39.9 Å². The van der Waals surface area contributed by atoms with Crippen LogP contribution in [0.3, 0.4) is 0 Å². The summed E-state index contributed by atoms with van der Waals surface area (Å²) in [6.07, 6.45) is -12.4. The summed E-state index contributed by atoms with van der Waals surface area (Å²) in [6.45, 7) is 5.25. The van der Waals surface area contributed by atoms with Gasteiger partial charge in [0.25, 0.3) is 0 Å². The molecule has 0 aromatic heterocycles. The van der Waals surface area contributed by atoms with Gasteiger partial charge in [-0.05, 0) is 128 Å². The number of rotatable bonds is 12. The molecule has 0 fully saturated rings. The van der Waals surface area contributed by atoms with Crippen molar-refractivity contribution >= 4 is 34.8 Å². The number of ether oxygens (including phenoxy) is 2. The number of carbonyl (C=O) groups is 2. The summed E-state index contributed by atoms with van der Waals surface area (Å²) < 4.78 is 101. The highest BCUT2D eigenvalue weighted by Crippen LogP contribution is 2.56. The number of ketones is 2. The maximum absolute atomic E-state index is 14.9. The van der Waals surface area contributed by atoms with Crippen LogP contribution >= 0.6 is 23.2 Å². The van der Waals surface area contributed by atoms with Gasteiger partial charge < -0.3 is 9.47 Å². The van der Waals surface area contributed by atoms with Crippen molar-refractivity contribution in [1.29, 1.82) is 0 Å². The lowest BCUT2D eigenvalue weighted by molar-refractivity contribution is -0.288. The minimum Gasteiger partial charge on any atom is -0.486 e. The second-order valence-corrected chi connectivity index (χ2v) is 15.4. The summed E-state index contributed by atoms with van der Waals surface area (Å²) >= 11 is 12.2. The van der Waals surface area contributed by atoms with E-state index in [4.69, 9.17) is 32.7 Å². The highest BCUT2D eigenvalue weighted by Gasteiger charge is 2.72. The topological polar surface area (TPSA) is 52.6 Å². The second kappa shape index (κ2) is 16.3. The molecule has 0 spiro atoms. The summed E-state index contributed by atoms with van der Waals surface area (Å²) in [4.78, 5) is 25.2. The van der Waals surface area contributed by atoms with Crippen molar-refractivity contribution in [2.24, 2.45) is 0 Å². The van der Waals surface area contributed by atoms with Gasteiger partial charge in [0.2, 0.25) is 5.41 Å². The van der Waals surface area contributed by atoms with E-state index >= 15 is 0 Å². The molecule has 12 heteroatoms. The van der Waals surface area contributed by atoms with Crippen molar-refractivity contribution in [2.45, 2.75) is 49.5 Å². The molecule has 0 amide bonds. The lowest BCUT2D eigenvalue weighted by atomic mass is 9.72. The number of halogens is 8. The molecule has 0 bridgehead atoms. The fraction of sp³-hybridized carbons (Fsp3) is 0.174. The molecular weight excluding hydrogens is 801 g/mol. The highest BCUT2D eigenvalue weighted by atomic mass is 35.5. The third-order valence-corrected chi connectivity index (χ3v) is 10.1. The van der Waals surface area contributed by atoms with Gasteiger partial charge in [-0.25, -0.2) is 0 Å². The van der Waals surface area contributed by atoms with Crippen LogP contribution in [0, 0.1) is 0 Å². The first-order chi connectivity index (χ1) is 27.3. The summed E-state index contributed by atoms with van der Waals surface area (Å²) in [6, 6.07) is 32.8. The van der Waals surface area contributed by atoms with Gasteiger partial charge in [-0.15, -0.1) is 11.6 Å². The van der Waals surface area contributed by atoms with Crippen molar-refractivity contribution in [1.82, 2.24) is 0 Å². The molecule has 0 N–H and O–H groups in total. The van der Waals surface area contributed by atoms with Gasteiger partial charge in [-0.2, -0.15) is 26.3 Å². The van der Waals surface area contributed by atoms with Gasteiger partial charge in [0.15, 0.2) is 11.6 Å². The Morgan fingerprint density at radius 1 is 0.500 bits per heavy atom. The molecule has 6 aromatic rings. The fourth-order valence-electron chi connectivity index (χ4n) is 6.48. The fourth-order valence-corrected chi connectivity index (χ4v) is 6.73. The SMILES string of the molecule is CC(Oc1ccc(C(=O)c2ccc(Cl)cc2)cc1)c1ccc(C(c2ccc(Oc3ccc(C(=O)c4ccc(C(C)(C)Cl)cc4)cc3)cc2)(C(F)(F)F)C(F)(F)F)cc1. The van der Waals surface area contributed by atoms with Crippen LogP contribution in [-0.4, -0.2) is 23.9 Å². The van der Waals surface area contributed by atoms with Gasteiger partial charge in [-0.3, -0.25) is 9.59 Å². The van der Waals surface area contributed by atoms with Crippen LogP contribution in [0.1, 0.15) is 81.0 Å². The Hall–Kier alpha value is -5.58. The Kier molecular flexibility index (Phi) is 11.8. The van der Waals surface area contributed by atoms with Crippen molar-refractivity contribution in [2.75, 3.05) is 0 Å². The number of benzene rings is 6. The number of carbonyl (C=O) groups excluding carboxylic acids is 2. The molecule has 1 atom stereocenters. The van der Waals surface area contributed by atoms with Crippen LogP contribution in [0.4, 0.5) is 26.3 Å². The van der Waals surface area contributed by atoms with Gasteiger partial charge in [0.1, 0.15) is 23.4 Å². The van der Waals surface area contributed by atoms with Gasteiger partial charge >= 0.3 is 12.4 Å². The Bertz CT molecular complexity index is 2350. The van der Waals surface area contributed by atoms with E-state index in [1.807, 2.05) is 13.8 Å². The van der Waals surface area contributed by atoms with E-state index in [1.165, 1.54) is 24.3 Å². The van der Waals surface area contributed by atoms with Crippen LogP contribution in [0.15, 0.2) is 146 Å². The minimum atomic E-state index is -5.80. The maximum Gasteiger partial charge on any atom is 0.411 e. The standard InChI is InChI=1S/C46H34Cl2F6O4/c1-28(57-38-22-10-32(11-23-38)42(56)31-8-20-37(47)21-9-31)29-4-16-35(17-5-29)44(45(49,50)51,46(52,53)54)36-18-26-40(27-19-36)58-39-24-12-33(13-25-39)41(55)30-6-14-34(15-7-30)43(2,3)48/h4-28H,1-3H3. The van der Waals surface area contributed by atoms with Crippen LogP contribution < -0.4 is 9.47 Å². The minimum absolute atomic E-state index is 0.0240. The van der Waals surface area contributed by atoms with E-state index in [0.717, 1.165) is 54.1 Å². The molecule has 6 rings (SSSR count). The molecule has 0 saturated carbocycles. The van der Waals surface area contributed by atoms with E-state index in [0.29, 0.717) is 38.6 Å². The smallest absolute Gasteiger partial charge is 0.411 e. The Morgan fingerprint density at radius 2 is 0.828 bits per heavy atom. The first-order valence-electron chi connectivity index (χ1n) is 17.8. The van der Waals surface area contributed by atoms with Crippen molar-refractivity contribution in [3.8, 4) is 17.2 Å². The van der Waals surface area contributed by atoms with E-state index in [9.17, 15) is 35.9 Å². The van der Waals surface area contributed by atoms with Crippen molar-refractivity contribution in [3.05, 3.63) is 195 Å². The molecule has 0 aliphatic carbocycles. The van der Waals surface area contributed by atoms with E-state index in [2.05, 4.69) is 0 Å². The summed E-state index contributed by atoms with van der Waals surface area (Å²) in [5.41, 5.74) is -3.76. The quantitative estimate of drug-likeness (QED) is 0.0700. The third kappa shape index (κ3) is 8.78. The zero-order valence-electron chi connectivity index (χ0n) is 31.1. The third-order valence-electron chi connectivity index (χ3n) is 9.67. The molecule has 4 nitrogen and oxygen atoms in total. The predicted molar refractivity (Wildman–Crippen MR) is 211 cm³/mol. The predicted octanol–water partition coefficient (Wildman–Crippen LogP) is 13.6. The Balaban J connectivity index is 1.18. The van der Waals surface area contributed by atoms with E-state index in [1.54, 1.807) is 79.7 Å². The molecule has 0 aliphatic rings. The average molecular weight is 836 g/mol. The molecule has 0 aliphatic heterocycles. The Labute approximate surface area is 341 Å². The van der Waals surface area contributed by atoms with Crippen LogP contribution in [-0.2, 0) is 10.3 Å². The van der Waals surface area contributed by atoms with E-state index in [-0.39, 0.29) is 23.1 Å². The van der Waals surface area contributed by atoms with Crippen LogP contribution in [0.2, 0.25) is 5.02 Å².